The van der Waals surface area contributed by atoms with Gasteiger partial charge in [0.2, 0.25) is 0 Å². The summed E-state index contributed by atoms with van der Waals surface area (Å²) in [6, 6.07) is 13.3. The van der Waals surface area contributed by atoms with Crippen molar-refractivity contribution in [1.82, 2.24) is 9.55 Å². The second-order valence-corrected chi connectivity index (χ2v) is 4.99. The number of phenols is 1. The lowest BCUT2D eigenvalue weighted by molar-refractivity contribution is 0.278. The Hall–Kier alpha value is -2.33. The SMILES string of the molecule is CCc1cc(O)ccc1-c1nc2ccccc2n1CCO. The largest absolute Gasteiger partial charge is 0.508 e. The summed E-state index contributed by atoms with van der Waals surface area (Å²) in [5, 5.41) is 19.0. The number of para-hydroxylation sites is 2. The number of benzene rings is 2. The molecule has 3 aromatic rings. The highest BCUT2D eigenvalue weighted by Crippen LogP contribution is 2.29. The van der Waals surface area contributed by atoms with Crippen LogP contribution in [-0.4, -0.2) is 26.4 Å². The summed E-state index contributed by atoms with van der Waals surface area (Å²) in [6.07, 6.45) is 0.812. The summed E-state index contributed by atoms with van der Waals surface area (Å²) in [5.74, 6) is 1.10. The van der Waals surface area contributed by atoms with Gasteiger partial charge in [-0.25, -0.2) is 4.98 Å². The minimum atomic E-state index is 0.0624. The van der Waals surface area contributed by atoms with E-state index >= 15 is 0 Å². The lowest BCUT2D eigenvalue weighted by Gasteiger charge is -2.11. The molecular weight excluding hydrogens is 264 g/mol. The molecule has 0 radical (unpaired) electrons. The molecule has 0 aliphatic carbocycles. The quantitative estimate of drug-likeness (QED) is 0.773. The highest BCUT2D eigenvalue weighted by molar-refractivity contribution is 5.81. The third-order valence-electron chi connectivity index (χ3n) is 3.69. The molecule has 2 aromatic carbocycles. The molecule has 4 heteroatoms. The van der Waals surface area contributed by atoms with Crippen molar-refractivity contribution in [2.24, 2.45) is 0 Å². The van der Waals surface area contributed by atoms with Gasteiger partial charge in [-0.3, -0.25) is 0 Å². The molecule has 0 bridgehead atoms. The molecule has 0 amide bonds. The van der Waals surface area contributed by atoms with Crippen molar-refractivity contribution in [3.8, 4) is 17.1 Å². The number of aromatic nitrogens is 2. The van der Waals surface area contributed by atoms with E-state index in [9.17, 15) is 10.2 Å². The van der Waals surface area contributed by atoms with E-state index < -0.39 is 0 Å². The first-order chi connectivity index (χ1) is 10.2. The number of phenolic OH excluding ortho intramolecular Hbond substituents is 1. The molecule has 108 valence electrons. The van der Waals surface area contributed by atoms with Crippen LogP contribution >= 0.6 is 0 Å². The second kappa shape index (κ2) is 5.58. The van der Waals surface area contributed by atoms with Crippen LogP contribution in [0.25, 0.3) is 22.4 Å². The molecule has 0 aliphatic heterocycles. The second-order valence-electron chi connectivity index (χ2n) is 4.99. The van der Waals surface area contributed by atoms with Gasteiger partial charge >= 0.3 is 0 Å². The lowest BCUT2D eigenvalue weighted by atomic mass is 10.0. The highest BCUT2D eigenvalue weighted by atomic mass is 16.3. The average molecular weight is 282 g/mol. The number of rotatable bonds is 4. The Bertz CT molecular complexity index is 778. The highest BCUT2D eigenvalue weighted by Gasteiger charge is 2.14. The third kappa shape index (κ3) is 2.38. The maximum absolute atomic E-state index is 9.66. The smallest absolute Gasteiger partial charge is 0.141 e. The monoisotopic (exact) mass is 282 g/mol. The molecule has 3 rings (SSSR count). The summed E-state index contributed by atoms with van der Waals surface area (Å²) in [6.45, 7) is 2.62. The predicted molar refractivity (Wildman–Crippen MR) is 83.3 cm³/mol. The number of hydrogen-bond donors (Lipinski definition) is 2. The predicted octanol–water partition coefficient (Wildman–Crippen LogP) is 2.96. The van der Waals surface area contributed by atoms with E-state index in [4.69, 9.17) is 4.98 Å². The first-order valence-electron chi connectivity index (χ1n) is 7.13. The Morgan fingerprint density at radius 2 is 1.95 bits per heavy atom. The number of aromatic hydroxyl groups is 1. The van der Waals surface area contributed by atoms with Crippen molar-refractivity contribution in [1.29, 1.82) is 0 Å². The molecular formula is C17H18N2O2. The van der Waals surface area contributed by atoms with Gasteiger partial charge in [-0.1, -0.05) is 19.1 Å². The van der Waals surface area contributed by atoms with Crippen molar-refractivity contribution >= 4 is 11.0 Å². The minimum absolute atomic E-state index is 0.0624. The van der Waals surface area contributed by atoms with Gasteiger partial charge in [0.15, 0.2) is 0 Å². The van der Waals surface area contributed by atoms with Gasteiger partial charge in [0, 0.05) is 12.1 Å². The molecule has 0 saturated heterocycles. The molecule has 0 spiro atoms. The van der Waals surface area contributed by atoms with E-state index in [2.05, 4.69) is 6.92 Å². The van der Waals surface area contributed by atoms with Crippen LogP contribution in [-0.2, 0) is 13.0 Å². The maximum Gasteiger partial charge on any atom is 0.141 e. The molecule has 21 heavy (non-hydrogen) atoms. The molecule has 0 unspecified atom stereocenters. The van der Waals surface area contributed by atoms with E-state index in [0.717, 1.165) is 34.4 Å². The molecule has 0 fully saturated rings. The fourth-order valence-electron chi connectivity index (χ4n) is 2.70. The summed E-state index contributed by atoms with van der Waals surface area (Å²) >= 11 is 0. The summed E-state index contributed by atoms with van der Waals surface area (Å²) in [7, 11) is 0. The van der Waals surface area contributed by atoms with Gasteiger partial charge in [-0.2, -0.15) is 0 Å². The van der Waals surface area contributed by atoms with Crippen LogP contribution in [0.3, 0.4) is 0 Å². The molecule has 0 saturated carbocycles. The number of fused-ring (bicyclic) bond motifs is 1. The van der Waals surface area contributed by atoms with Gasteiger partial charge in [0.25, 0.3) is 0 Å². The van der Waals surface area contributed by atoms with Crippen LogP contribution in [0.5, 0.6) is 5.75 Å². The molecule has 0 atom stereocenters. The van der Waals surface area contributed by atoms with Crippen LogP contribution in [0.2, 0.25) is 0 Å². The number of aliphatic hydroxyl groups is 1. The third-order valence-corrected chi connectivity index (χ3v) is 3.69. The Labute approximate surface area is 123 Å². The molecule has 1 aromatic heterocycles. The number of aryl methyl sites for hydroxylation is 1. The Morgan fingerprint density at radius 1 is 1.14 bits per heavy atom. The average Bonchev–Trinajstić information content (AvgIpc) is 2.86. The van der Waals surface area contributed by atoms with Gasteiger partial charge in [0.1, 0.15) is 11.6 Å². The summed E-state index contributed by atoms with van der Waals surface area (Å²) < 4.78 is 2.03. The fraction of sp³-hybridized carbons (Fsp3) is 0.235. The van der Waals surface area contributed by atoms with Gasteiger partial charge in [-0.15, -0.1) is 0 Å². The standard InChI is InChI=1S/C17H18N2O2/c1-2-12-11-13(21)7-8-14(12)17-18-15-5-3-4-6-16(15)19(17)9-10-20/h3-8,11,20-21H,2,9-10H2,1H3. The first kappa shape index (κ1) is 13.6. The number of nitrogens with zero attached hydrogens (tertiary/aromatic N) is 2. The van der Waals surface area contributed by atoms with Crippen molar-refractivity contribution in [3.63, 3.8) is 0 Å². The van der Waals surface area contributed by atoms with Crippen LogP contribution in [0, 0.1) is 0 Å². The lowest BCUT2D eigenvalue weighted by Crippen LogP contribution is -2.05. The van der Waals surface area contributed by atoms with Crippen molar-refractivity contribution in [3.05, 3.63) is 48.0 Å². The molecule has 4 nitrogen and oxygen atoms in total. The first-order valence-corrected chi connectivity index (χ1v) is 7.13. The minimum Gasteiger partial charge on any atom is -0.508 e. The topological polar surface area (TPSA) is 58.3 Å². The molecule has 2 N–H and O–H groups in total. The van der Waals surface area contributed by atoms with E-state index in [0.29, 0.717) is 6.54 Å². The van der Waals surface area contributed by atoms with Gasteiger partial charge in [-0.05, 0) is 42.3 Å². The van der Waals surface area contributed by atoms with Gasteiger partial charge in [0.05, 0.1) is 17.6 Å². The Balaban J connectivity index is 2.26. The van der Waals surface area contributed by atoms with E-state index in [1.165, 1.54) is 0 Å². The summed E-state index contributed by atoms with van der Waals surface area (Å²) in [4.78, 5) is 4.71. The van der Waals surface area contributed by atoms with Crippen molar-refractivity contribution < 1.29 is 10.2 Å². The van der Waals surface area contributed by atoms with E-state index in [1.54, 1.807) is 12.1 Å². The zero-order chi connectivity index (χ0) is 14.8. The number of aliphatic hydroxyl groups excluding tert-OH is 1. The van der Waals surface area contributed by atoms with Crippen LogP contribution in [0.4, 0.5) is 0 Å². The van der Waals surface area contributed by atoms with Crippen LogP contribution < -0.4 is 0 Å². The number of imidazole rings is 1. The van der Waals surface area contributed by atoms with Crippen LogP contribution in [0.1, 0.15) is 12.5 Å². The van der Waals surface area contributed by atoms with E-state index in [-0.39, 0.29) is 12.4 Å². The van der Waals surface area contributed by atoms with Crippen LogP contribution in [0.15, 0.2) is 42.5 Å². The Morgan fingerprint density at radius 3 is 2.71 bits per heavy atom. The molecule has 0 aliphatic rings. The van der Waals surface area contributed by atoms with Gasteiger partial charge < -0.3 is 14.8 Å². The zero-order valence-corrected chi connectivity index (χ0v) is 12.0. The van der Waals surface area contributed by atoms with E-state index in [1.807, 2.05) is 34.9 Å². The van der Waals surface area contributed by atoms with Crippen molar-refractivity contribution in [2.45, 2.75) is 19.9 Å². The Kier molecular flexibility index (Phi) is 3.62. The maximum atomic E-state index is 9.66. The normalized spacial score (nSPS) is 11.1. The number of hydrogen-bond acceptors (Lipinski definition) is 3. The fourth-order valence-corrected chi connectivity index (χ4v) is 2.70. The molecule has 1 heterocycles. The summed E-state index contributed by atoms with van der Waals surface area (Å²) in [5.41, 5.74) is 3.97. The van der Waals surface area contributed by atoms with Crippen molar-refractivity contribution in [2.75, 3.05) is 6.61 Å². The zero-order valence-electron chi connectivity index (χ0n) is 12.0.